The van der Waals surface area contributed by atoms with Gasteiger partial charge < -0.3 is 20.9 Å². The number of hydrogen-bond acceptors (Lipinski definition) is 3. The van der Waals surface area contributed by atoms with Crippen molar-refractivity contribution in [3.05, 3.63) is 79.8 Å². The van der Waals surface area contributed by atoms with Crippen LogP contribution in [0.1, 0.15) is 58.3 Å². The molecule has 3 aromatic rings. The van der Waals surface area contributed by atoms with Crippen LogP contribution in [0.25, 0.3) is 22.0 Å². The molecule has 0 bridgehead atoms. The fourth-order valence-electron chi connectivity index (χ4n) is 4.13. The number of allylic oxidation sites excluding steroid dienone is 1. The van der Waals surface area contributed by atoms with Crippen LogP contribution in [-0.2, 0) is 0 Å². The number of nitrogens with two attached hydrogens (primary N) is 1. The number of nitrogens with one attached hydrogen (secondary N) is 2. The van der Waals surface area contributed by atoms with Gasteiger partial charge in [0.05, 0.1) is 0 Å². The zero-order chi connectivity index (χ0) is 24.6. The highest BCUT2D eigenvalue weighted by Gasteiger charge is 2.08. The first-order chi connectivity index (χ1) is 16.6. The Kier molecular flexibility index (Phi) is 12.5. The lowest BCUT2D eigenvalue weighted by Crippen LogP contribution is -2.25. The summed E-state index contributed by atoms with van der Waals surface area (Å²) in [7, 11) is 1.96. The number of unbranched alkanes of at least 4 members (excludes halogenated alkanes) is 5. The van der Waals surface area contributed by atoms with Gasteiger partial charge in [0.2, 0.25) is 0 Å². The summed E-state index contributed by atoms with van der Waals surface area (Å²) in [5.41, 5.74) is 10.8. The Hall–Kier alpha value is -3.14. The van der Waals surface area contributed by atoms with Crippen LogP contribution in [-0.4, -0.2) is 25.1 Å². The summed E-state index contributed by atoms with van der Waals surface area (Å²) in [6.07, 6.45) is 13.2. The zero-order valence-electron chi connectivity index (χ0n) is 21.3. The fourth-order valence-corrected chi connectivity index (χ4v) is 4.13. The van der Waals surface area contributed by atoms with E-state index >= 15 is 0 Å². The number of hydrogen-bond donors (Lipinski definition) is 3. The minimum atomic E-state index is 1.09. The highest BCUT2D eigenvalue weighted by molar-refractivity contribution is 5.85. The Balaban J connectivity index is 0.00000129. The van der Waals surface area contributed by atoms with Crippen LogP contribution in [0.4, 0.5) is 5.69 Å². The minimum absolute atomic E-state index is 1.09. The number of H-pyrrole nitrogens is 1. The molecular formula is C30H44N4. The lowest BCUT2D eigenvalue weighted by Gasteiger charge is -2.25. The van der Waals surface area contributed by atoms with Crippen LogP contribution in [0, 0.1) is 0 Å². The number of nitrogens with zero attached hydrogens (tertiary/aromatic N) is 1. The Morgan fingerprint density at radius 3 is 2.26 bits per heavy atom. The molecule has 0 radical (unpaired) electrons. The monoisotopic (exact) mass is 460 g/mol. The van der Waals surface area contributed by atoms with Crippen molar-refractivity contribution < 1.29 is 0 Å². The molecule has 34 heavy (non-hydrogen) atoms. The molecule has 0 aliphatic rings. The van der Waals surface area contributed by atoms with E-state index in [9.17, 15) is 0 Å². The van der Waals surface area contributed by atoms with Crippen LogP contribution >= 0.6 is 0 Å². The van der Waals surface area contributed by atoms with Crippen LogP contribution in [0.3, 0.4) is 0 Å². The van der Waals surface area contributed by atoms with E-state index in [-0.39, 0.29) is 0 Å². The van der Waals surface area contributed by atoms with E-state index in [0.717, 1.165) is 25.2 Å². The molecule has 2 aromatic carbocycles. The highest BCUT2D eigenvalue weighted by Crippen LogP contribution is 2.26. The summed E-state index contributed by atoms with van der Waals surface area (Å²) in [5.74, 6) is 0. The van der Waals surface area contributed by atoms with Crippen molar-refractivity contribution in [1.29, 1.82) is 0 Å². The Morgan fingerprint density at radius 1 is 0.941 bits per heavy atom. The smallest absolute Gasteiger partial charge is 0.0460 e. The lowest BCUT2D eigenvalue weighted by atomic mass is 10.0. The Labute approximate surface area is 206 Å². The number of benzene rings is 2. The normalized spacial score (nSPS) is 10.4. The third-order valence-electron chi connectivity index (χ3n) is 6.16. The van der Waals surface area contributed by atoms with Gasteiger partial charge in [-0.25, -0.2) is 0 Å². The molecule has 0 aliphatic carbocycles. The largest absolute Gasteiger partial charge is 0.405 e. The maximum atomic E-state index is 4.61. The molecule has 0 saturated carbocycles. The minimum Gasteiger partial charge on any atom is -0.405 e. The Bertz CT molecular complexity index is 971. The SMILES string of the molecule is C=C(CCCCCCN(CCCCC)c1ccc(-c2ccc3cc[nH]c3c2)cc1)NC.C=CN. The van der Waals surface area contributed by atoms with Crippen molar-refractivity contribution in [3.8, 4) is 11.1 Å². The summed E-state index contributed by atoms with van der Waals surface area (Å²) >= 11 is 0. The van der Waals surface area contributed by atoms with Crippen LogP contribution in [0.5, 0.6) is 0 Å². The van der Waals surface area contributed by atoms with Gasteiger partial charge in [-0.1, -0.05) is 70.0 Å². The van der Waals surface area contributed by atoms with E-state index in [1.54, 1.807) is 0 Å². The first-order valence-electron chi connectivity index (χ1n) is 12.7. The number of anilines is 1. The molecule has 184 valence electrons. The van der Waals surface area contributed by atoms with Gasteiger partial charge in [-0.2, -0.15) is 0 Å². The molecule has 0 fully saturated rings. The van der Waals surface area contributed by atoms with E-state index in [1.165, 1.54) is 78.9 Å². The van der Waals surface area contributed by atoms with Gasteiger partial charge in [-0.15, -0.1) is 0 Å². The Morgan fingerprint density at radius 2 is 1.59 bits per heavy atom. The molecule has 1 heterocycles. The third-order valence-corrected chi connectivity index (χ3v) is 6.16. The maximum absolute atomic E-state index is 4.61. The van der Waals surface area contributed by atoms with Gasteiger partial charge in [-0.05, 0) is 72.7 Å². The van der Waals surface area contributed by atoms with E-state index in [4.69, 9.17) is 0 Å². The molecule has 0 saturated heterocycles. The van der Waals surface area contributed by atoms with Crippen LogP contribution in [0.15, 0.2) is 79.8 Å². The first-order valence-corrected chi connectivity index (χ1v) is 12.7. The molecule has 0 atom stereocenters. The van der Waals surface area contributed by atoms with Crippen molar-refractivity contribution in [2.45, 2.75) is 58.3 Å². The van der Waals surface area contributed by atoms with Crippen LogP contribution in [0.2, 0.25) is 0 Å². The summed E-state index contributed by atoms with van der Waals surface area (Å²) in [6, 6.07) is 17.9. The van der Waals surface area contributed by atoms with Crippen molar-refractivity contribution in [1.82, 2.24) is 10.3 Å². The molecular weight excluding hydrogens is 416 g/mol. The molecule has 0 aliphatic heterocycles. The second-order valence-corrected chi connectivity index (χ2v) is 8.77. The van der Waals surface area contributed by atoms with Crippen molar-refractivity contribution >= 4 is 16.6 Å². The van der Waals surface area contributed by atoms with Gasteiger partial charge >= 0.3 is 0 Å². The van der Waals surface area contributed by atoms with E-state index in [1.807, 2.05) is 13.2 Å². The third kappa shape index (κ3) is 9.01. The van der Waals surface area contributed by atoms with E-state index in [0.29, 0.717) is 0 Å². The van der Waals surface area contributed by atoms with Crippen molar-refractivity contribution in [2.75, 3.05) is 25.0 Å². The number of aromatic amines is 1. The molecule has 0 spiro atoms. The standard InChI is InChI=1S/C28H39N3.C2H5N/c1-4-5-9-20-31(21-10-7-6-8-11-23(2)29-3)27-16-14-24(15-17-27)26-13-12-25-18-19-30-28(25)22-26;1-2-3/h12-19,22,29-30H,2,4-11,20-21H2,1,3H3;2H,1,3H2. The van der Waals surface area contributed by atoms with Gasteiger partial charge in [0.15, 0.2) is 0 Å². The van der Waals surface area contributed by atoms with Gasteiger partial charge in [0.25, 0.3) is 0 Å². The maximum Gasteiger partial charge on any atom is 0.0460 e. The zero-order valence-corrected chi connectivity index (χ0v) is 21.3. The predicted molar refractivity (Wildman–Crippen MR) is 151 cm³/mol. The van der Waals surface area contributed by atoms with Crippen molar-refractivity contribution in [2.24, 2.45) is 5.73 Å². The molecule has 0 unspecified atom stereocenters. The number of rotatable bonds is 14. The van der Waals surface area contributed by atoms with Gasteiger partial charge in [-0.3, -0.25) is 0 Å². The summed E-state index contributed by atoms with van der Waals surface area (Å²) in [5, 5.41) is 4.41. The predicted octanol–water partition coefficient (Wildman–Crippen LogP) is 7.60. The molecule has 1 aromatic heterocycles. The van der Waals surface area contributed by atoms with Crippen molar-refractivity contribution in [3.63, 3.8) is 0 Å². The number of aromatic nitrogens is 1. The highest BCUT2D eigenvalue weighted by atomic mass is 15.1. The molecule has 4 nitrogen and oxygen atoms in total. The molecule has 0 amide bonds. The van der Waals surface area contributed by atoms with Crippen LogP contribution < -0.4 is 16.0 Å². The summed E-state index contributed by atoms with van der Waals surface area (Å²) < 4.78 is 0. The molecule has 4 N–H and O–H groups in total. The average molecular weight is 461 g/mol. The summed E-state index contributed by atoms with van der Waals surface area (Å²) in [4.78, 5) is 5.90. The van der Waals surface area contributed by atoms with E-state index in [2.05, 4.69) is 89.5 Å². The second-order valence-electron chi connectivity index (χ2n) is 8.77. The first kappa shape index (κ1) is 27.1. The van der Waals surface area contributed by atoms with Gasteiger partial charge in [0.1, 0.15) is 0 Å². The quantitative estimate of drug-likeness (QED) is 0.217. The average Bonchev–Trinajstić information content (AvgIpc) is 3.33. The fraction of sp³-hybridized carbons (Fsp3) is 0.400. The number of fused-ring (bicyclic) bond motifs is 1. The summed E-state index contributed by atoms with van der Waals surface area (Å²) in [6.45, 7) is 11.7. The molecule has 4 heteroatoms. The topological polar surface area (TPSA) is 57.1 Å². The van der Waals surface area contributed by atoms with E-state index < -0.39 is 0 Å². The van der Waals surface area contributed by atoms with Gasteiger partial charge in [0, 0.05) is 43.2 Å². The second kappa shape index (κ2) is 15.7. The molecule has 3 rings (SSSR count). The lowest BCUT2D eigenvalue weighted by molar-refractivity contribution is 0.603.